The molecule has 42 heavy (non-hydrogen) atoms. The number of pyridine rings is 2. The largest absolute Gasteiger partial charge is 0.494 e. The van der Waals surface area contributed by atoms with Crippen LogP contribution in [-0.4, -0.2) is 32.9 Å². The molecule has 2 N–H and O–H groups in total. The van der Waals surface area contributed by atoms with Gasteiger partial charge in [-0.05, 0) is 89.8 Å². The molecule has 0 aliphatic rings. The van der Waals surface area contributed by atoms with Gasteiger partial charge in [0.05, 0.1) is 18.0 Å². The second-order valence-corrected chi connectivity index (χ2v) is 12.5. The molecule has 0 fully saturated rings. The van der Waals surface area contributed by atoms with Gasteiger partial charge in [-0.2, -0.15) is 0 Å². The zero-order chi connectivity index (χ0) is 28.8. The maximum Gasteiger partial charge on any atom is 0.119 e. The molecule has 0 bridgehead atoms. The van der Waals surface area contributed by atoms with Crippen LogP contribution in [0.3, 0.4) is 0 Å². The maximum absolute atomic E-state index is 6.29. The molecule has 218 valence electrons. The number of rotatable bonds is 17. The van der Waals surface area contributed by atoms with Crippen molar-refractivity contribution in [3.05, 3.63) is 134 Å². The van der Waals surface area contributed by atoms with Gasteiger partial charge in [-0.3, -0.25) is 19.8 Å². The Morgan fingerprint density at radius 3 is 1.64 bits per heavy atom. The first-order valence-corrected chi connectivity index (χ1v) is 16.2. The highest BCUT2D eigenvalue weighted by molar-refractivity contribution is 7.10. The molecule has 0 saturated carbocycles. The number of thiophene rings is 2. The lowest BCUT2D eigenvalue weighted by molar-refractivity contribution is 0.241. The van der Waals surface area contributed by atoms with Crippen molar-refractivity contribution < 1.29 is 4.74 Å². The Labute approximate surface area is 257 Å². The lowest BCUT2D eigenvalue weighted by Crippen LogP contribution is -2.24. The molecule has 0 unspecified atom stereocenters. The molecule has 4 aromatic heterocycles. The van der Waals surface area contributed by atoms with E-state index in [-0.39, 0.29) is 0 Å². The summed E-state index contributed by atoms with van der Waals surface area (Å²) in [7, 11) is 0. The molecular formula is C34H39N5OS2. The molecule has 0 radical (unpaired) electrons. The van der Waals surface area contributed by atoms with Crippen LogP contribution in [0.5, 0.6) is 5.75 Å². The van der Waals surface area contributed by atoms with Crippen LogP contribution in [0.15, 0.2) is 102 Å². The Morgan fingerprint density at radius 2 is 1.19 bits per heavy atom. The minimum Gasteiger partial charge on any atom is -0.494 e. The molecule has 8 heteroatoms. The molecule has 5 aromatic rings. The van der Waals surface area contributed by atoms with E-state index in [1.54, 1.807) is 22.7 Å². The summed E-state index contributed by atoms with van der Waals surface area (Å²) in [4.78, 5) is 16.8. The van der Waals surface area contributed by atoms with E-state index in [0.717, 1.165) is 69.2 Å². The summed E-state index contributed by atoms with van der Waals surface area (Å²) in [5.74, 6) is 0.919. The van der Waals surface area contributed by atoms with Gasteiger partial charge in [0.15, 0.2) is 0 Å². The Hall–Kier alpha value is -3.40. The van der Waals surface area contributed by atoms with E-state index in [2.05, 4.69) is 97.3 Å². The number of ether oxygens (including phenoxy) is 1. The number of nitrogens with two attached hydrogens (primary N) is 1. The van der Waals surface area contributed by atoms with E-state index >= 15 is 0 Å². The predicted octanol–water partition coefficient (Wildman–Crippen LogP) is 7.12. The minimum absolute atomic E-state index is 0.666. The molecule has 5 rings (SSSR count). The zero-order valence-corrected chi connectivity index (χ0v) is 25.6. The van der Waals surface area contributed by atoms with Crippen molar-refractivity contribution in [2.75, 3.05) is 13.2 Å². The molecule has 0 amide bonds. The Kier molecular flexibility index (Phi) is 11.7. The van der Waals surface area contributed by atoms with Gasteiger partial charge in [0.2, 0.25) is 0 Å². The molecule has 4 heterocycles. The van der Waals surface area contributed by atoms with Crippen molar-refractivity contribution in [1.29, 1.82) is 0 Å². The average Bonchev–Trinajstić information content (AvgIpc) is 3.71. The van der Waals surface area contributed by atoms with E-state index in [0.29, 0.717) is 13.2 Å². The first-order valence-electron chi connectivity index (χ1n) is 14.5. The van der Waals surface area contributed by atoms with Crippen molar-refractivity contribution in [1.82, 2.24) is 19.8 Å². The predicted molar refractivity (Wildman–Crippen MR) is 173 cm³/mol. The third-order valence-electron chi connectivity index (χ3n) is 6.85. The van der Waals surface area contributed by atoms with Crippen LogP contribution < -0.4 is 10.5 Å². The number of aromatic nitrogens is 2. The highest BCUT2D eigenvalue weighted by Gasteiger charge is 2.15. The third-order valence-corrected chi connectivity index (χ3v) is 8.57. The van der Waals surface area contributed by atoms with Crippen LogP contribution in [0.2, 0.25) is 0 Å². The summed E-state index contributed by atoms with van der Waals surface area (Å²) >= 11 is 3.59. The van der Waals surface area contributed by atoms with Crippen molar-refractivity contribution >= 4 is 22.7 Å². The van der Waals surface area contributed by atoms with Crippen molar-refractivity contribution in [3.63, 3.8) is 0 Å². The zero-order valence-electron chi connectivity index (χ0n) is 24.0. The summed E-state index contributed by atoms with van der Waals surface area (Å²) in [5, 5.41) is 4.29. The second kappa shape index (κ2) is 16.3. The summed E-state index contributed by atoms with van der Waals surface area (Å²) < 4.78 is 6.29. The van der Waals surface area contributed by atoms with Crippen molar-refractivity contribution in [2.24, 2.45) is 5.73 Å². The molecule has 0 aliphatic heterocycles. The fraction of sp³-hybridized carbons (Fsp3) is 0.294. The highest BCUT2D eigenvalue weighted by Crippen LogP contribution is 2.24. The van der Waals surface area contributed by atoms with Crippen LogP contribution in [0.1, 0.15) is 45.1 Å². The molecular weight excluding hydrogens is 559 g/mol. The Morgan fingerprint density at radius 1 is 0.619 bits per heavy atom. The van der Waals surface area contributed by atoms with Gasteiger partial charge in [-0.1, -0.05) is 30.3 Å². The number of hydrogen-bond acceptors (Lipinski definition) is 8. The van der Waals surface area contributed by atoms with Gasteiger partial charge in [0, 0.05) is 61.4 Å². The van der Waals surface area contributed by atoms with Gasteiger partial charge in [-0.15, -0.1) is 22.7 Å². The number of nitrogens with zero attached hydrogens (tertiary/aromatic N) is 4. The van der Waals surface area contributed by atoms with E-state index in [9.17, 15) is 0 Å². The summed E-state index contributed by atoms with van der Waals surface area (Å²) in [6.07, 6.45) is 5.65. The SMILES string of the molecule is NCCCCOc1cc(CN(Cc2ccccn2)Cc2cccs2)cc(CN(Cc2ccccn2)Cc2cccs2)c1. The summed E-state index contributed by atoms with van der Waals surface area (Å²) in [6, 6.07) is 27.7. The summed E-state index contributed by atoms with van der Waals surface area (Å²) in [5.41, 5.74) is 10.3. The van der Waals surface area contributed by atoms with Crippen molar-refractivity contribution in [2.45, 2.75) is 52.1 Å². The first-order chi connectivity index (χ1) is 20.7. The number of hydrogen-bond donors (Lipinski definition) is 1. The molecule has 1 aromatic carbocycles. The van der Waals surface area contributed by atoms with E-state index in [4.69, 9.17) is 10.5 Å². The topological polar surface area (TPSA) is 67.5 Å². The first kappa shape index (κ1) is 30.1. The number of benzene rings is 1. The normalized spacial score (nSPS) is 11.4. The summed E-state index contributed by atoms with van der Waals surface area (Å²) in [6.45, 7) is 6.24. The fourth-order valence-corrected chi connectivity index (χ4v) is 6.46. The highest BCUT2D eigenvalue weighted by atomic mass is 32.1. The van der Waals surface area contributed by atoms with Gasteiger partial charge in [-0.25, -0.2) is 0 Å². The van der Waals surface area contributed by atoms with Gasteiger partial charge < -0.3 is 10.5 Å². The fourth-order valence-electron chi connectivity index (χ4n) is 4.97. The lowest BCUT2D eigenvalue weighted by atomic mass is 10.1. The van der Waals surface area contributed by atoms with Crippen LogP contribution in [0.25, 0.3) is 0 Å². The molecule has 0 spiro atoms. The molecule has 6 nitrogen and oxygen atoms in total. The van der Waals surface area contributed by atoms with Gasteiger partial charge in [0.1, 0.15) is 5.75 Å². The Bertz CT molecular complexity index is 1330. The van der Waals surface area contributed by atoms with E-state index in [1.807, 2.05) is 24.5 Å². The molecule has 0 atom stereocenters. The van der Waals surface area contributed by atoms with Gasteiger partial charge >= 0.3 is 0 Å². The smallest absolute Gasteiger partial charge is 0.119 e. The van der Waals surface area contributed by atoms with E-state index in [1.165, 1.54) is 20.9 Å². The van der Waals surface area contributed by atoms with Crippen molar-refractivity contribution in [3.8, 4) is 5.75 Å². The monoisotopic (exact) mass is 597 g/mol. The quantitative estimate of drug-likeness (QED) is 0.115. The minimum atomic E-state index is 0.666. The van der Waals surface area contributed by atoms with E-state index < -0.39 is 0 Å². The second-order valence-electron chi connectivity index (χ2n) is 10.4. The van der Waals surface area contributed by atoms with Crippen LogP contribution in [-0.2, 0) is 39.3 Å². The molecule has 0 saturated heterocycles. The lowest BCUT2D eigenvalue weighted by Gasteiger charge is -2.24. The third kappa shape index (κ3) is 9.86. The van der Waals surface area contributed by atoms with Crippen LogP contribution in [0.4, 0.5) is 0 Å². The van der Waals surface area contributed by atoms with Gasteiger partial charge in [0.25, 0.3) is 0 Å². The molecule has 0 aliphatic carbocycles. The maximum atomic E-state index is 6.29. The Balaban J connectivity index is 1.39. The van der Waals surface area contributed by atoms with Crippen LogP contribution >= 0.6 is 22.7 Å². The van der Waals surface area contributed by atoms with Crippen LogP contribution in [0, 0.1) is 0 Å². The standard InChI is InChI=1S/C34H39N5OS2/c35-13-3-6-16-40-32-20-28(22-38(26-33-11-7-17-41-33)24-30-9-1-4-14-36-30)19-29(21-32)23-39(27-34-12-8-18-42-34)25-31-10-2-5-15-37-31/h1-2,4-5,7-12,14-15,17-21H,3,6,13,16,22-27,35H2. The number of unbranched alkanes of at least 4 members (excludes halogenated alkanes) is 1. The average molecular weight is 598 g/mol.